The molecule has 0 aliphatic carbocycles. The first-order chi connectivity index (χ1) is 6.20. The molecule has 2 rings (SSSR count). The fourth-order valence-corrected chi connectivity index (χ4v) is 1.90. The van der Waals surface area contributed by atoms with Gasteiger partial charge in [0.25, 0.3) is 0 Å². The smallest absolute Gasteiger partial charge is 0.141 e. The van der Waals surface area contributed by atoms with E-state index < -0.39 is 0 Å². The summed E-state index contributed by atoms with van der Waals surface area (Å²) in [7, 11) is 0. The molecule has 0 saturated carbocycles. The molecular formula is C9H9BrFNO. The predicted octanol–water partition coefficient (Wildman–Crippen LogP) is 2.37. The highest BCUT2D eigenvalue weighted by Crippen LogP contribution is 2.38. The molecule has 1 aliphatic heterocycles. The van der Waals surface area contributed by atoms with Gasteiger partial charge >= 0.3 is 0 Å². The molecule has 13 heavy (non-hydrogen) atoms. The van der Waals surface area contributed by atoms with Crippen molar-refractivity contribution in [2.75, 3.05) is 6.61 Å². The van der Waals surface area contributed by atoms with Crippen LogP contribution in [-0.4, -0.2) is 6.61 Å². The average Bonchev–Trinajstić information content (AvgIpc) is 2.12. The van der Waals surface area contributed by atoms with Crippen LogP contribution in [0.4, 0.5) is 4.39 Å². The zero-order chi connectivity index (χ0) is 9.42. The molecule has 70 valence electrons. The van der Waals surface area contributed by atoms with E-state index in [1.54, 1.807) is 6.07 Å². The topological polar surface area (TPSA) is 35.2 Å². The Morgan fingerprint density at radius 2 is 2.31 bits per heavy atom. The molecule has 0 spiro atoms. The van der Waals surface area contributed by atoms with Crippen molar-refractivity contribution in [1.82, 2.24) is 0 Å². The lowest BCUT2D eigenvalue weighted by Gasteiger charge is -2.23. The summed E-state index contributed by atoms with van der Waals surface area (Å²) in [6.45, 7) is 0.552. The second-order valence-electron chi connectivity index (χ2n) is 3.02. The number of hydrogen-bond donors (Lipinski definition) is 1. The van der Waals surface area contributed by atoms with E-state index in [0.717, 1.165) is 12.0 Å². The molecule has 2 nitrogen and oxygen atoms in total. The van der Waals surface area contributed by atoms with Crippen LogP contribution >= 0.6 is 15.9 Å². The van der Waals surface area contributed by atoms with E-state index in [1.807, 2.05) is 0 Å². The van der Waals surface area contributed by atoms with Crippen LogP contribution in [-0.2, 0) is 0 Å². The fourth-order valence-electron chi connectivity index (χ4n) is 1.43. The van der Waals surface area contributed by atoms with Gasteiger partial charge in [-0.2, -0.15) is 0 Å². The third kappa shape index (κ3) is 1.44. The normalized spacial score (nSPS) is 20.7. The number of ether oxygens (including phenoxy) is 1. The monoisotopic (exact) mass is 245 g/mol. The molecule has 1 aromatic carbocycles. The van der Waals surface area contributed by atoms with Gasteiger partial charge in [-0.3, -0.25) is 0 Å². The third-order valence-corrected chi connectivity index (χ3v) is 2.89. The van der Waals surface area contributed by atoms with E-state index in [4.69, 9.17) is 10.5 Å². The molecule has 0 aromatic heterocycles. The number of hydrogen-bond acceptors (Lipinski definition) is 2. The first-order valence-electron chi connectivity index (χ1n) is 4.06. The summed E-state index contributed by atoms with van der Waals surface area (Å²) < 4.78 is 18.8. The van der Waals surface area contributed by atoms with Crippen molar-refractivity contribution >= 4 is 15.9 Å². The van der Waals surface area contributed by atoms with Gasteiger partial charge in [0.1, 0.15) is 11.6 Å². The number of nitrogens with two attached hydrogens (primary N) is 1. The van der Waals surface area contributed by atoms with Crippen LogP contribution in [0, 0.1) is 5.82 Å². The van der Waals surface area contributed by atoms with E-state index in [2.05, 4.69) is 15.9 Å². The molecular weight excluding hydrogens is 237 g/mol. The van der Waals surface area contributed by atoms with Crippen molar-refractivity contribution < 1.29 is 9.13 Å². The van der Waals surface area contributed by atoms with E-state index >= 15 is 0 Å². The van der Waals surface area contributed by atoms with Crippen LogP contribution in [0.3, 0.4) is 0 Å². The SMILES string of the molecule is N[C@H]1CCOc2c1ccc(F)c2Br. The zero-order valence-corrected chi connectivity index (χ0v) is 8.47. The summed E-state index contributed by atoms with van der Waals surface area (Å²) in [5.74, 6) is 0.242. The molecule has 0 bridgehead atoms. The standard InChI is InChI=1S/C9H9BrFNO/c10-8-6(11)2-1-5-7(12)3-4-13-9(5)8/h1-2,7H,3-4,12H2/t7-/m0/s1. The molecule has 1 aliphatic rings. The summed E-state index contributed by atoms with van der Waals surface area (Å²) in [5, 5.41) is 0. The Morgan fingerprint density at radius 1 is 1.54 bits per heavy atom. The van der Waals surface area contributed by atoms with Crippen molar-refractivity contribution in [2.45, 2.75) is 12.5 Å². The highest BCUT2D eigenvalue weighted by Gasteiger charge is 2.21. The van der Waals surface area contributed by atoms with Gasteiger partial charge in [-0.05, 0) is 22.0 Å². The molecule has 0 radical (unpaired) electrons. The maximum Gasteiger partial charge on any atom is 0.141 e. The molecule has 1 heterocycles. The van der Waals surface area contributed by atoms with Gasteiger partial charge in [0.15, 0.2) is 0 Å². The Labute approximate surface area is 84.0 Å². The molecule has 2 N–H and O–H groups in total. The van der Waals surface area contributed by atoms with Crippen LogP contribution in [0.5, 0.6) is 5.75 Å². The number of fused-ring (bicyclic) bond motifs is 1. The molecule has 1 atom stereocenters. The molecule has 1 aromatic rings. The van der Waals surface area contributed by atoms with Crippen LogP contribution in [0.2, 0.25) is 0 Å². The first-order valence-corrected chi connectivity index (χ1v) is 4.85. The second kappa shape index (κ2) is 3.27. The second-order valence-corrected chi connectivity index (χ2v) is 3.82. The van der Waals surface area contributed by atoms with Crippen molar-refractivity contribution in [2.24, 2.45) is 5.73 Å². The quantitative estimate of drug-likeness (QED) is 0.762. The maximum absolute atomic E-state index is 13.1. The molecule has 4 heteroatoms. The highest BCUT2D eigenvalue weighted by molar-refractivity contribution is 9.10. The van der Waals surface area contributed by atoms with Gasteiger partial charge < -0.3 is 10.5 Å². The van der Waals surface area contributed by atoms with Crippen LogP contribution < -0.4 is 10.5 Å². The lowest BCUT2D eigenvalue weighted by Crippen LogP contribution is -2.21. The fraction of sp³-hybridized carbons (Fsp3) is 0.333. The Bertz CT molecular complexity index is 343. The van der Waals surface area contributed by atoms with Gasteiger partial charge in [0.2, 0.25) is 0 Å². The van der Waals surface area contributed by atoms with E-state index in [9.17, 15) is 4.39 Å². The highest BCUT2D eigenvalue weighted by atomic mass is 79.9. The Balaban J connectivity index is 2.56. The summed E-state index contributed by atoms with van der Waals surface area (Å²) in [5.41, 5.74) is 6.72. The minimum Gasteiger partial charge on any atom is -0.492 e. The third-order valence-electron chi connectivity index (χ3n) is 2.16. The predicted molar refractivity (Wildman–Crippen MR) is 51.1 cm³/mol. The van der Waals surface area contributed by atoms with Crippen molar-refractivity contribution in [1.29, 1.82) is 0 Å². The maximum atomic E-state index is 13.1. The van der Waals surface area contributed by atoms with Crippen molar-refractivity contribution in [3.8, 4) is 5.75 Å². The Kier molecular flexibility index (Phi) is 2.26. The summed E-state index contributed by atoms with van der Waals surface area (Å²) in [6, 6.07) is 3.04. The number of halogens is 2. The first kappa shape index (κ1) is 8.97. The lowest BCUT2D eigenvalue weighted by molar-refractivity contribution is 0.265. The molecule has 0 amide bonds. The van der Waals surface area contributed by atoms with Crippen LogP contribution in [0.1, 0.15) is 18.0 Å². The van der Waals surface area contributed by atoms with E-state index in [-0.39, 0.29) is 11.9 Å². The molecule has 0 unspecified atom stereocenters. The van der Waals surface area contributed by atoms with Crippen molar-refractivity contribution in [3.63, 3.8) is 0 Å². The van der Waals surface area contributed by atoms with Crippen molar-refractivity contribution in [3.05, 3.63) is 28.0 Å². The van der Waals surface area contributed by atoms with Gasteiger partial charge in [-0.15, -0.1) is 0 Å². The van der Waals surface area contributed by atoms with Gasteiger partial charge in [0.05, 0.1) is 11.1 Å². The van der Waals surface area contributed by atoms with Gasteiger partial charge in [-0.25, -0.2) is 4.39 Å². The number of rotatable bonds is 0. The number of benzene rings is 1. The minimum atomic E-state index is -0.312. The molecule has 0 fully saturated rings. The van der Waals surface area contributed by atoms with E-state index in [1.165, 1.54) is 6.07 Å². The van der Waals surface area contributed by atoms with Gasteiger partial charge in [-0.1, -0.05) is 6.07 Å². The van der Waals surface area contributed by atoms with Crippen LogP contribution in [0.25, 0.3) is 0 Å². The summed E-state index contributed by atoms with van der Waals surface area (Å²) in [6.07, 6.45) is 0.783. The van der Waals surface area contributed by atoms with Gasteiger partial charge in [0, 0.05) is 18.0 Å². The lowest BCUT2D eigenvalue weighted by atomic mass is 10.0. The Hall–Kier alpha value is -0.610. The zero-order valence-electron chi connectivity index (χ0n) is 6.89. The summed E-state index contributed by atoms with van der Waals surface area (Å²) >= 11 is 3.14. The minimum absolute atomic E-state index is 0.0411. The average molecular weight is 246 g/mol. The van der Waals surface area contributed by atoms with E-state index in [0.29, 0.717) is 16.8 Å². The Morgan fingerprint density at radius 3 is 3.08 bits per heavy atom. The molecule has 0 saturated heterocycles. The largest absolute Gasteiger partial charge is 0.492 e. The summed E-state index contributed by atoms with van der Waals surface area (Å²) in [4.78, 5) is 0. The van der Waals surface area contributed by atoms with Crippen LogP contribution in [0.15, 0.2) is 16.6 Å².